The topological polar surface area (TPSA) is 77.7 Å². The van der Waals surface area contributed by atoms with Crippen molar-refractivity contribution in [2.24, 2.45) is 12.1 Å². The van der Waals surface area contributed by atoms with Gasteiger partial charge in [0.15, 0.2) is 5.69 Å². The van der Waals surface area contributed by atoms with Crippen LogP contribution < -0.4 is 14.9 Å². The summed E-state index contributed by atoms with van der Waals surface area (Å²) in [6.07, 6.45) is 1.69. The predicted octanol–water partition coefficient (Wildman–Crippen LogP) is 2.35. The largest absolute Gasteiger partial charge is 0.497 e. The summed E-state index contributed by atoms with van der Waals surface area (Å²) in [6, 6.07) is 5.37. The number of hydrazone groups is 1. The van der Waals surface area contributed by atoms with E-state index in [-0.39, 0.29) is 5.69 Å². The van der Waals surface area contributed by atoms with E-state index in [2.05, 4.69) is 31.6 Å². The number of hydrogen-bond acceptors (Lipinski definition) is 5. The van der Waals surface area contributed by atoms with E-state index in [1.54, 1.807) is 51.2 Å². The summed E-state index contributed by atoms with van der Waals surface area (Å²) in [5.74, 6) is 0.892. The molecule has 122 valence electrons. The maximum atomic E-state index is 12.1. The monoisotopic (exact) mass is 380 g/mol. The highest BCUT2D eigenvalue weighted by Crippen LogP contribution is 2.25. The van der Waals surface area contributed by atoms with Gasteiger partial charge in [-0.25, -0.2) is 5.43 Å². The highest BCUT2D eigenvalue weighted by atomic mass is 79.9. The van der Waals surface area contributed by atoms with Crippen molar-refractivity contribution in [3.05, 3.63) is 40.1 Å². The molecule has 0 spiro atoms. The van der Waals surface area contributed by atoms with Gasteiger partial charge in [-0.1, -0.05) is 0 Å². The molecule has 1 aromatic heterocycles. The van der Waals surface area contributed by atoms with Crippen LogP contribution in [-0.4, -0.2) is 35.6 Å². The summed E-state index contributed by atoms with van der Waals surface area (Å²) in [6.45, 7) is 1.78. The number of halogens is 1. The van der Waals surface area contributed by atoms with Crippen LogP contribution in [0.4, 0.5) is 0 Å². The molecular formula is C15H17BrN4O3. The van der Waals surface area contributed by atoms with Gasteiger partial charge in [0.05, 0.1) is 24.4 Å². The number of benzene rings is 1. The van der Waals surface area contributed by atoms with Crippen molar-refractivity contribution in [2.75, 3.05) is 14.2 Å². The van der Waals surface area contributed by atoms with E-state index in [4.69, 9.17) is 9.47 Å². The second-order valence-corrected chi connectivity index (χ2v) is 5.56. The molecule has 0 saturated carbocycles. The van der Waals surface area contributed by atoms with E-state index in [0.29, 0.717) is 21.7 Å². The lowest BCUT2D eigenvalue weighted by Crippen LogP contribution is -2.20. The van der Waals surface area contributed by atoms with Gasteiger partial charge in [0.2, 0.25) is 0 Å². The number of carbonyl (C=O) groups excluding carboxylic acids is 1. The van der Waals surface area contributed by atoms with Crippen LogP contribution in [0.3, 0.4) is 0 Å². The van der Waals surface area contributed by atoms with E-state index >= 15 is 0 Å². The molecule has 0 bridgehead atoms. The van der Waals surface area contributed by atoms with Crippen LogP contribution in [0.1, 0.15) is 23.0 Å². The van der Waals surface area contributed by atoms with Crippen LogP contribution in [0.5, 0.6) is 11.5 Å². The maximum Gasteiger partial charge on any atom is 0.293 e. The van der Waals surface area contributed by atoms with Gasteiger partial charge in [-0.3, -0.25) is 9.48 Å². The summed E-state index contributed by atoms with van der Waals surface area (Å²) in [5.41, 5.74) is 4.12. The molecule has 0 radical (unpaired) electrons. The third kappa shape index (κ3) is 3.89. The number of nitrogens with zero attached hydrogens (tertiary/aromatic N) is 3. The lowest BCUT2D eigenvalue weighted by molar-refractivity contribution is 0.0948. The van der Waals surface area contributed by atoms with Crippen LogP contribution in [0, 0.1) is 0 Å². The van der Waals surface area contributed by atoms with Crippen LogP contribution in [0.15, 0.2) is 34.0 Å². The third-order valence-corrected chi connectivity index (χ3v) is 3.70. The van der Waals surface area contributed by atoms with Gasteiger partial charge < -0.3 is 9.47 Å². The van der Waals surface area contributed by atoms with Crippen molar-refractivity contribution < 1.29 is 14.3 Å². The molecule has 0 fully saturated rings. The number of rotatable bonds is 5. The molecule has 7 nitrogen and oxygen atoms in total. The van der Waals surface area contributed by atoms with Crippen molar-refractivity contribution in [3.8, 4) is 11.5 Å². The fraction of sp³-hybridized carbons (Fsp3) is 0.267. The Kier molecular flexibility index (Phi) is 5.38. The molecule has 0 atom stereocenters. The Bertz CT molecular complexity index is 755. The number of ether oxygens (including phenoxy) is 2. The Morgan fingerprint density at radius 1 is 1.35 bits per heavy atom. The zero-order valence-corrected chi connectivity index (χ0v) is 14.8. The maximum absolute atomic E-state index is 12.1. The van der Waals surface area contributed by atoms with Crippen LogP contribution in [-0.2, 0) is 7.05 Å². The number of hydrogen-bond donors (Lipinski definition) is 1. The van der Waals surface area contributed by atoms with Gasteiger partial charge in [0, 0.05) is 24.9 Å². The summed E-state index contributed by atoms with van der Waals surface area (Å²) >= 11 is 3.28. The zero-order chi connectivity index (χ0) is 17.0. The second kappa shape index (κ2) is 7.28. The molecule has 0 aliphatic rings. The zero-order valence-electron chi connectivity index (χ0n) is 13.3. The lowest BCUT2D eigenvalue weighted by Gasteiger charge is -2.10. The highest BCUT2D eigenvalue weighted by Gasteiger charge is 2.14. The molecule has 0 unspecified atom stereocenters. The van der Waals surface area contributed by atoms with E-state index in [1.807, 2.05) is 6.07 Å². The van der Waals surface area contributed by atoms with Crippen molar-refractivity contribution in [2.45, 2.75) is 6.92 Å². The minimum Gasteiger partial charge on any atom is -0.497 e. The fourth-order valence-corrected chi connectivity index (χ4v) is 2.51. The molecular weight excluding hydrogens is 364 g/mol. The Balaban J connectivity index is 2.20. The molecule has 8 heteroatoms. The summed E-state index contributed by atoms with van der Waals surface area (Å²) < 4.78 is 12.6. The van der Waals surface area contributed by atoms with Crippen molar-refractivity contribution in [1.82, 2.24) is 15.2 Å². The second-order valence-electron chi connectivity index (χ2n) is 4.70. The molecule has 0 aliphatic heterocycles. The average Bonchev–Trinajstić information content (AvgIpc) is 2.90. The van der Waals surface area contributed by atoms with E-state index < -0.39 is 5.91 Å². The van der Waals surface area contributed by atoms with E-state index in [0.717, 1.165) is 5.56 Å². The number of amides is 1. The first-order chi connectivity index (χ1) is 11.0. The summed E-state index contributed by atoms with van der Waals surface area (Å²) in [4.78, 5) is 12.1. The minimum absolute atomic E-state index is 0.269. The predicted molar refractivity (Wildman–Crippen MR) is 90.1 cm³/mol. The van der Waals surface area contributed by atoms with E-state index in [9.17, 15) is 4.79 Å². The number of nitrogens with one attached hydrogen (secondary N) is 1. The van der Waals surface area contributed by atoms with Crippen LogP contribution in [0.2, 0.25) is 0 Å². The lowest BCUT2D eigenvalue weighted by atomic mass is 10.1. The van der Waals surface area contributed by atoms with Gasteiger partial charge in [-0.2, -0.15) is 10.2 Å². The molecule has 1 heterocycles. The first-order valence-electron chi connectivity index (χ1n) is 6.72. The first-order valence-corrected chi connectivity index (χ1v) is 7.51. The standard InChI is InChI=1S/C15H17BrN4O3/c1-9(11-6-5-10(22-3)7-13(11)23-4)17-18-15(21)14-12(16)8-20(2)19-14/h5-8H,1-4H3,(H,18,21)/b17-9-. The number of aryl methyl sites for hydroxylation is 1. The molecule has 1 aromatic carbocycles. The minimum atomic E-state index is -0.399. The first kappa shape index (κ1) is 17.0. The fourth-order valence-electron chi connectivity index (χ4n) is 1.96. The summed E-state index contributed by atoms with van der Waals surface area (Å²) in [5, 5.41) is 8.18. The van der Waals surface area contributed by atoms with Gasteiger partial charge >= 0.3 is 0 Å². The molecule has 2 rings (SSSR count). The Labute approximate surface area is 142 Å². The molecule has 2 aromatic rings. The van der Waals surface area contributed by atoms with Gasteiger partial charge in [-0.15, -0.1) is 0 Å². The smallest absolute Gasteiger partial charge is 0.293 e. The number of aromatic nitrogens is 2. The Morgan fingerprint density at radius 2 is 2.09 bits per heavy atom. The molecule has 0 saturated heterocycles. The van der Waals surface area contributed by atoms with Crippen molar-refractivity contribution in [3.63, 3.8) is 0 Å². The van der Waals surface area contributed by atoms with Gasteiger partial charge in [0.25, 0.3) is 5.91 Å². The normalized spacial score (nSPS) is 11.3. The van der Waals surface area contributed by atoms with Crippen molar-refractivity contribution in [1.29, 1.82) is 0 Å². The Hall–Kier alpha value is -2.35. The summed E-state index contributed by atoms with van der Waals surface area (Å²) in [7, 11) is 4.88. The highest BCUT2D eigenvalue weighted by molar-refractivity contribution is 9.10. The van der Waals surface area contributed by atoms with Crippen LogP contribution >= 0.6 is 15.9 Å². The average molecular weight is 381 g/mol. The Morgan fingerprint density at radius 3 is 2.65 bits per heavy atom. The molecule has 1 N–H and O–H groups in total. The van der Waals surface area contributed by atoms with E-state index in [1.165, 1.54) is 0 Å². The number of methoxy groups -OCH3 is 2. The van der Waals surface area contributed by atoms with Gasteiger partial charge in [0.1, 0.15) is 11.5 Å². The van der Waals surface area contributed by atoms with Gasteiger partial charge in [-0.05, 0) is 35.0 Å². The molecule has 1 amide bonds. The van der Waals surface area contributed by atoms with Crippen LogP contribution in [0.25, 0.3) is 0 Å². The van der Waals surface area contributed by atoms with Crippen molar-refractivity contribution >= 4 is 27.5 Å². The quantitative estimate of drug-likeness (QED) is 0.637. The number of carbonyl (C=O) groups is 1. The molecule has 23 heavy (non-hydrogen) atoms. The SMILES string of the molecule is COc1ccc(/C(C)=N\NC(=O)c2nn(C)cc2Br)c(OC)c1. The molecule has 0 aliphatic carbocycles. The third-order valence-electron chi connectivity index (χ3n) is 3.12.